The van der Waals surface area contributed by atoms with Gasteiger partial charge in [0.05, 0.1) is 13.1 Å². The lowest BCUT2D eigenvalue weighted by Gasteiger charge is -2.17. The molecule has 1 fully saturated rings. The van der Waals surface area contributed by atoms with Gasteiger partial charge >= 0.3 is 11.6 Å². The number of nitrogens with two attached hydrogens (primary N) is 1. The summed E-state index contributed by atoms with van der Waals surface area (Å²) >= 11 is 0. The van der Waals surface area contributed by atoms with Gasteiger partial charge in [0.15, 0.2) is 0 Å². The first kappa shape index (κ1) is 8.86. The number of aromatic nitrogens is 2. The Bertz CT molecular complexity index is 349. The summed E-state index contributed by atoms with van der Waals surface area (Å²) < 4.78 is 0. The van der Waals surface area contributed by atoms with E-state index in [1.54, 1.807) is 6.07 Å². The quantitative estimate of drug-likeness (QED) is 0.467. The second kappa shape index (κ2) is 3.21. The number of hydrogen-bond donors (Lipinski definition) is 1. The summed E-state index contributed by atoms with van der Waals surface area (Å²) in [6.07, 6.45) is 2.12. The normalized spacial score (nSPS) is 16.1. The van der Waals surface area contributed by atoms with Crippen molar-refractivity contribution in [3.05, 3.63) is 22.5 Å². The molecule has 0 radical (unpaired) electrons. The van der Waals surface area contributed by atoms with Crippen molar-refractivity contribution in [3.63, 3.8) is 0 Å². The van der Waals surface area contributed by atoms with Crippen LogP contribution in [0.15, 0.2) is 12.1 Å². The molecule has 0 spiro atoms. The highest BCUT2D eigenvalue weighted by molar-refractivity contribution is 5.36. The number of rotatable bonds is 1. The number of anilines is 2. The molecule has 1 aliphatic rings. The van der Waals surface area contributed by atoms with E-state index >= 15 is 0 Å². The van der Waals surface area contributed by atoms with E-state index < -0.39 is 0 Å². The van der Waals surface area contributed by atoms with Gasteiger partial charge in [0.2, 0.25) is 0 Å². The number of nitrogens with zero attached hydrogens (tertiary/aromatic N) is 3. The maximum atomic E-state index is 11.4. The molecule has 1 aromatic rings. The van der Waals surface area contributed by atoms with E-state index in [9.17, 15) is 10.4 Å². The summed E-state index contributed by atoms with van der Waals surface area (Å²) in [6.45, 7) is 1.65. The van der Waals surface area contributed by atoms with Crippen LogP contribution in [0.5, 0.6) is 0 Å². The third kappa shape index (κ3) is 1.28. The van der Waals surface area contributed by atoms with Crippen LogP contribution >= 0.6 is 0 Å². The maximum absolute atomic E-state index is 11.4. The highest BCUT2D eigenvalue weighted by Crippen LogP contribution is 2.15. The van der Waals surface area contributed by atoms with Crippen molar-refractivity contribution in [2.45, 2.75) is 12.8 Å². The van der Waals surface area contributed by atoms with Gasteiger partial charge in [-0.15, -0.1) is 0 Å². The second-order valence-corrected chi connectivity index (χ2v) is 3.36. The minimum Gasteiger partial charge on any atom is -0.675 e. The first-order chi connectivity index (χ1) is 6.70. The predicted molar refractivity (Wildman–Crippen MR) is 50.2 cm³/mol. The molecule has 0 aliphatic carbocycles. The fourth-order valence-electron chi connectivity index (χ4n) is 1.66. The summed E-state index contributed by atoms with van der Waals surface area (Å²) in [5.74, 6) is 0.301. The molecule has 0 bridgehead atoms. The molecule has 76 valence electrons. The summed E-state index contributed by atoms with van der Waals surface area (Å²) in [4.78, 5) is 2.34. The van der Waals surface area contributed by atoms with Gasteiger partial charge in [-0.1, -0.05) is 9.69 Å². The molecular weight excluding hydrogens is 184 g/mol. The molecule has 6 heteroatoms. The maximum Gasteiger partial charge on any atom is 0.317 e. The molecule has 2 rings (SSSR count). The van der Waals surface area contributed by atoms with Crippen LogP contribution in [0, 0.1) is 10.4 Å². The van der Waals surface area contributed by atoms with Crippen LogP contribution in [-0.4, -0.2) is 13.1 Å². The molecule has 0 unspecified atom stereocenters. The Hall–Kier alpha value is -1.72. The highest BCUT2D eigenvalue weighted by atomic mass is 16.6. The van der Waals surface area contributed by atoms with Gasteiger partial charge in [0.1, 0.15) is 0 Å². The third-order valence-electron chi connectivity index (χ3n) is 2.42. The monoisotopic (exact) mass is 196 g/mol. The Labute approximate surface area is 81.3 Å². The third-order valence-corrected chi connectivity index (χ3v) is 2.42. The molecule has 2 N–H and O–H groups in total. The van der Waals surface area contributed by atoms with E-state index in [0.717, 1.165) is 25.9 Å². The van der Waals surface area contributed by atoms with Gasteiger partial charge in [0.25, 0.3) is 0 Å². The molecule has 1 aromatic heterocycles. The van der Waals surface area contributed by atoms with Crippen LogP contribution in [0.2, 0.25) is 0 Å². The van der Waals surface area contributed by atoms with E-state index in [0.29, 0.717) is 10.7 Å². The first-order valence-electron chi connectivity index (χ1n) is 4.57. The largest absolute Gasteiger partial charge is 0.675 e. The lowest BCUT2D eigenvalue weighted by atomic mass is 10.4. The zero-order valence-electron chi connectivity index (χ0n) is 7.72. The second-order valence-electron chi connectivity index (χ2n) is 3.36. The molecule has 0 atom stereocenters. The van der Waals surface area contributed by atoms with Crippen LogP contribution in [0.3, 0.4) is 0 Å². The topological polar surface area (TPSA) is 83.1 Å². The Morgan fingerprint density at radius 1 is 1.14 bits per heavy atom. The van der Waals surface area contributed by atoms with Crippen molar-refractivity contribution in [3.8, 4) is 0 Å². The average molecular weight is 196 g/mol. The lowest BCUT2D eigenvalue weighted by Crippen LogP contribution is -2.63. The fourth-order valence-corrected chi connectivity index (χ4v) is 1.66. The molecule has 6 nitrogen and oxygen atoms in total. The molecule has 1 saturated heterocycles. The van der Waals surface area contributed by atoms with Gasteiger partial charge in [-0.05, 0) is 12.8 Å². The van der Waals surface area contributed by atoms with E-state index in [2.05, 4.69) is 0 Å². The van der Waals surface area contributed by atoms with E-state index in [1.165, 1.54) is 6.07 Å². The van der Waals surface area contributed by atoms with Crippen LogP contribution < -0.4 is 20.3 Å². The Morgan fingerprint density at radius 2 is 1.79 bits per heavy atom. The molecule has 0 aromatic carbocycles. The van der Waals surface area contributed by atoms with Gasteiger partial charge in [-0.3, -0.25) is 10.6 Å². The molecule has 0 amide bonds. The minimum absolute atomic E-state index is 0.0806. The zero-order chi connectivity index (χ0) is 10.1. The highest BCUT2D eigenvalue weighted by Gasteiger charge is 2.23. The standard InChI is InChI=1S/C8H12N4O2/c9-7-3-4-8(12(14)11(7)13)10-5-1-2-6-10/h3-4H,1-2,5-6,9H2. The molecule has 14 heavy (non-hydrogen) atoms. The number of hydrogen-bond acceptors (Lipinski definition) is 4. The molecule has 2 heterocycles. The predicted octanol–water partition coefficient (Wildman–Crippen LogP) is -0.864. The van der Waals surface area contributed by atoms with Gasteiger partial charge in [-0.25, -0.2) is 0 Å². The van der Waals surface area contributed by atoms with Crippen molar-refractivity contribution >= 4 is 11.6 Å². The molecular formula is C8H12N4O2. The summed E-state index contributed by atoms with van der Waals surface area (Å²) in [5, 5.41) is 22.6. The van der Waals surface area contributed by atoms with E-state index in [4.69, 9.17) is 5.73 Å². The number of nitrogen functional groups attached to an aromatic ring is 1. The minimum atomic E-state index is -0.0806. The van der Waals surface area contributed by atoms with Crippen LogP contribution in [0.4, 0.5) is 11.6 Å². The van der Waals surface area contributed by atoms with Crippen molar-refractivity contribution in [2.75, 3.05) is 23.7 Å². The van der Waals surface area contributed by atoms with Crippen molar-refractivity contribution < 1.29 is 9.69 Å². The van der Waals surface area contributed by atoms with E-state index in [-0.39, 0.29) is 10.7 Å². The first-order valence-corrected chi connectivity index (χ1v) is 4.57. The molecule has 1 aliphatic heterocycles. The van der Waals surface area contributed by atoms with Crippen LogP contribution in [0.25, 0.3) is 0 Å². The van der Waals surface area contributed by atoms with Gasteiger partial charge < -0.3 is 10.4 Å². The Kier molecular flexibility index (Phi) is 2.03. The fraction of sp³-hybridized carbons (Fsp3) is 0.500. The van der Waals surface area contributed by atoms with Crippen molar-refractivity contribution in [1.82, 2.24) is 0 Å². The van der Waals surface area contributed by atoms with Crippen molar-refractivity contribution in [2.24, 2.45) is 0 Å². The smallest absolute Gasteiger partial charge is 0.317 e. The molecule has 0 saturated carbocycles. The van der Waals surface area contributed by atoms with Crippen LogP contribution in [-0.2, 0) is 0 Å². The summed E-state index contributed by atoms with van der Waals surface area (Å²) in [6, 6.07) is 3.04. The van der Waals surface area contributed by atoms with Crippen LogP contribution in [0.1, 0.15) is 12.8 Å². The lowest BCUT2D eigenvalue weighted by molar-refractivity contribution is -1.18. The van der Waals surface area contributed by atoms with E-state index in [1.807, 2.05) is 4.90 Å². The van der Waals surface area contributed by atoms with Gasteiger partial charge in [0, 0.05) is 12.1 Å². The SMILES string of the molecule is Nc1ccc(N2CCCC2)[n+]([O-])[n+]1[O-]. The Balaban J connectivity index is 2.38. The summed E-state index contributed by atoms with van der Waals surface area (Å²) in [7, 11) is 0. The van der Waals surface area contributed by atoms with Gasteiger partial charge in [-0.2, -0.15) is 0 Å². The van der Waals surface area contributed by atoms with Crippen molar-refractivity contribution in [1.29, 1.82) is 0 Å². The zero-order valence-corrected chi connectivity index (χ0v) is 7.72. The average Bonchev–Trinajstić information content (AvgIpc) is 2.67. The summed E-state index contributed by atoms with van der Waals surface area (Å²) in [5.41, 5.74) is 5.30. The Morgan fingerprint density at radius 3 is 2.43 bits per heavy atom.